The maximum Gasteiger partial charge on any atom is 0.168 e. The van der Waals surface area contributed by atoms with Crippen molar-refractivity contribution in [2.75, 3.05) is 6.61 Å². The Labute approximate surface area is 261 Å². The van der Waals surface area contributed by atoms with Crippen molar-refractivity contribution in [3.63, 3.8) is 0 Å². The van der Waals surface area contributed by atoms with Gasteiger partial charge in [-0.05, 0) is 73.9 Å². The van der Waals surface area contributed by atoms with Crippen LogP contribution < -0.4 is 4.74 Å². The standard InChI is InChI=1S/C34H30BrF2N5O2/c1-34(2)20-41-19-21(18-39-41)14-26-25-8-11-38-31(25)17-29(37)33(26)44-24-6-7-28(36)27(16-24)30-9-12-42(40-30)32(10-13-43-34)22-4-3-5-23(35)15-22/h3-9,11-12,15-19,32,38H,10,13-14,20H2,1-2H3. The molecule has 6 aromatic rings. The molecular weight excluding hydrogens is 628 g/mol. The van der Waals surface area contributed by atoms with Gasteiger partial charge in [0.1, 0.15) is 11.6 Å². The lowest BCUT2D eigenvalue weighted by molar-refractivity contribution is -0.0354. The number of nitrogens with zero attached hydrogens (tertiary/aromatic N) is 4. The largest absolute Gasteiger partial charge is 0.454 e. The van der Waals surface area contributed by atoms with Gasteiger partial charge in [0.15, 0.2) is 11.6 Å². The van der Waals surface area contributed by atoms with Gasteiger partial charge in [0.05, 0.1) is 30.1 Å². The number of aromatic nitrogens is 5. The number of hydrogen-bond donors (Lipinski definition) is 1. The Hall–Kier alpha value is -4.28. The fraction of sp³-hybridized carbons (Fsp3) is 0.235. The van der Waals surface area contributed by atoms with E-state index in [2.05, 4.69) is 32.1 Å². The lowest BCUT2D eigenvalue weighted by atomic mass is 10.0. The molecule has 7 rings (SSSR count). The Morgan fingerprint density at radius 3 is 2.80 bits per heavy atom. The van der Waals surface area contributed by atoms with Crippen molar-refractivity contribution in [2.24, 2.45) is 0 Å². The summed E-state index contributed by atoms with van der Waals surface area (Å²) in [6.45, 7) is 5.06. The number of ether oxygens (including phenoxy) is 2. The van der Waals surface area contributed by atoms with Crippen LogP contribution in [0.3, 0.4) is 0 Å². The summed E-state index contributed by atoms with van der Waals surface area (Å²) in [5.74, 6) is -0.580. The molecular formula is C34H30BrF2N5O2. The van der Waals surface area contributed by atoms with E-state index in [1.165, 1.54) is 18.2 Å². The highest BCUT2D eigenvalue weighted by Crippen LogP contribution is 2.38. The summed E-state index contributed by atoms with van der Waals surface area (Å²) in [5, 5.41) is 10.2. The molecule has 0 radical (unpaired) electrons. The minimum Gasteiger partial charge on any atom is -0.454 e. The topological polar surface area (TPSA) is 69.9 Å². The number of halogens is 3. The second-order valence-electron chi connectivity index (χ2n) is 11.7. The first kappa shape index (κ1) is 28.5. The molecule has 3 aromatic carbocycles. The zero-order chi connectivity index (χ0) is 30.4. The minimum atomic E-state index is -0.521. The predicted octanol–water partition coefficient (Wildman–Crippen LogP) is 8.44. The number of hydrogen-bond acceptors (Lipinski definition) is 4. The first-order valence-corrected chi connectivity index (χ1v) is 15.2. The monoisotopic (exact) mass is 657 g/mol. The van der Waals surface area contributed by atoms with Crippen LogP contribution in [0.2, 0.25) is 0 Å². The van der Waals surface area contributed by atoms with Gasteiger partial charge in [-0.25, -0.2) is 8.78 Å². The van der Waals surface area contributed by atoms with Crippen LogP contribution in [0.5, 0.6) is 11.5 Å². The average molecular weight is 659 g/mol. The van der Waals surface area contributed by atoms with Crippen LogP contribution in [0.4, 0.5) is 8.78 Å². The summed E-state index contributed by atoms with van der Waals surface area (Å²) in [6, 6.07) is 17.4. The molecule has 0 saturated heterocycles. The number of nitrogens with one attached hydrogen (secondary N) is 1. The Kier molecular flexibility index (Phi) is 7.34. The minimum absolute atomic E-state index is 0.0873. The van der Waals surface area contributed by atoms with E-state index in [0.29, 0.717) is 48.5 Å². The molecule has 0 saturated carbocycles. The third kappa shape index (κ3) is 5.67. The van der Waals surface area contributed by atoms with Crippen LogP contribution in [-0.4, -0.2) is 36.8 Å². The summed E-state index contributed by atoms with van der Waals surface area (Å²) < 4.78 is 48.2. The molecule has 0 fully saturated rings. The second-order valence-corrected chi connectivity index (χ2v) is 12.6. The fourth-order valence-corrected chi connectivity index (χ4v) is 6.30. The second kappa shape index (κ2) is 11.3. The Morgan fingerprint density at radius 2 is 1.93 bits per heavy atom. The van der Waals surface area contributed by atoms with E-state index in [4.69, 9.17) is 14.6 Å². The highest BCUT2D eigenvalue weighted by molar-refractivity contribution is 9.10. The van der Waals surface area contributed by atoms with Gasteiger partial charge in [-0.2, -0.15) is 10.2 Å². The van der Waals surface area contributed by atoms with Crippen molar-refractivity contribution >= 4 is 26.8 Å². The molecule has 1 aliphatic rings. The van der Waals surface area contributed by atoms with E-state index in [9.17, 15) is 0 Å². The number of H-pyrrole nitrogens is 1. The molecule has 10 heteroatoms. The first-order valence-electron chi connectivity index (χ1n) is 14.4. The van der Waals surface area contributed by atoms with Crippen LogP contribution in [-0.2, 0) is 17.7 Å². The molecule has 0 spiro atoms. The summed E-state index contributed by atoms with van der Waals surface area (Å²) in [7, 11) is 0. The van der Waals surface area contributed by atoms with Crippen LogP contribution in [0, 0.1) is 11.6 Å². The first-order chi connectivity index (χ1) is 21.2. The molecule has 1 aliphatic heterocycles. The van der Waals surface area contributed by atoms with Gasteiger partial charge in [0, 0.05) is 64.2 Å². The zero-order valence-electron chi connectivity index (χ0n) is 24.2. The molecule has 1 unspecified atom stereocenters. The highest BCUT2D eigenvalue weighted by Gasteiger charge is 2.24. The van der Waals surface area contributed by atoms with E-state index in [1.807, 2.05) is 59.9 Å². The summed E-state index contributed by atoms with van der Waals surface area (Å²) in [4.78, 5) is 3.10. The van der Waals surface area contributed by atoms with Crippen molar-refractivity contribution in [3.8, 4) is 22.8 Å². The molecule has 0 amide bonds. The van der Waals surface area contributed by atoms with Crippen molar-refractivity contribution in [1.29, 1.82) is 0 Å². The van der Waals surface area contributed by atoms with Crippen molar-refractivity contribution < 1.29 is 18.3 Å². The van der Waals surface area contributed by atoms with Gasteiger partial charge in [0.25, 0.3) is 0 Å². The van der Waals surface area contributed by atoms with Crippen LogP contribution in [0.1, 0.15) is 43.0 Å². The SMILES string of the molecule is CC1(C)Cn2cc(cn2)Cc2c(c(F)cc3[nH]ccc23)Oc2ccc(F)c(c2)-c2ccn(n2)C(c2cccc(Br)c2)CCO1. The van der Waals surface area contributed by atoms with Gasteiger partial charge in [-0.1, -0.05) is 28.1 Å². The van der Waals surface area contributed by atoms with Crippen molar-refractivity contribution in [3.05, 3.63) is 118 Å². The van der Waals surface area contributed by atoms with E-state index in [1.54, 1.807) is 24.5 Å². The van der Waals surface area contributed by atoms with Gasteiger partial charge >= 0.3 is 0 Å². The Bertz CT molecular complexity index is 1980. The predicted molar refractivity (Wildman–Crippen MR) is 168 cm³/mol. The quantitative estimate of drug-likeness (QED) is 0.193. The maximum atomic E-state index is 15.6. The number of rotatable bonds is 1. The molecule has 4 heterocycles. The summed E-state index contributed by atoms with van der Waals surface area (Å²) >= 11 is 3.59. The summed E-state index contributed by atoms with van der Waals surface area (Å²) in [6.07, 6.45) is 8.39. The van der Waals surface area contributed by atoms with Gasteiger partial charge in [0.2, 0.25) is 0 Å². The van der Waals surface area contributed by atoms with E-state index in [0.717, 1.165) is 21.0 Å². The molecule has 0 aliphatic carbocycles. The van der Waals surface area contributed by atoms with E-state index < -0.39 is 17.2 Å². The lowest BCUT2D eigenvalue weighted by Gasteiger charge is -2.27. The highest BCUT2D eigenvalue weighted by atomic mass is 79.9. The van der Waals surface area contributed by atoms with Gasteiger partial charge < -0.3 is 14.5 Å². The third-order valence-electron chi connectivity index (χ3n) is 7.96. The number of fused-ring (bicyclic) bond motifs is 10. The Balaban J connectivity index is 1.35. The molecule has 6 bridgehead atoms. The number of aromatic amines is 1. The van der Waals surface area contributed by atoms with Crippen LogP contribution in [0.25, 0.3) is 22.2 Å². The maximum absolute atomic E-state index is 15.6. The molecule has 224 valence electrons. The fourth-order valence-electron chi connectivity index (χ4n) is 5.88. The van der Waals surface area contributed by atoms with Crippen molar-refractivity contribution in [1.82, 2.24) is 24.5 Å². The normalized spacial score (nSPS) is 16.9. The molecule has 44 heavy (non-hydrogen) atoms. The smallest absolute Gasteiger partial charge is 0.168 e. The van der Waals surface area contributed by atoms with E-state index >= 15 is 8.78 Å². The van der Waals surface area contributed by atoms with E-state index in [-0.39, 0.29) is 17.4 Å². The number of benzene rings is 3. The van der Waals surface area contributed by atoms with Gasteiger partial charge in [-0.15, -0.1) is 0 Å². The van der Waals surface area contributed by atoms with Crippen molar-refractivity contribution in [2.45, 2.75) is 44.9 Å². The van der Waals surface area contributed by atoms with Crippen LogP contribution in [0.15, 0.2) is 89.9 Å². The summed E-state index contributed by atoms with van der Waals surface area (Å²) in [5.41, 5.74) is 3.45. The molecule has 3 aromatic heterocycles. The average Bonchev–Trinajstić information content (AvgIpc) is 3.75. The molecule has 7 nitrogen and oxygen atoms in total. The third-order valence-corrected chi connectivity index (χ3v) is 8.45. The lowest BCUT2D eigenvalue weighted by Crippen LogP contribution is -2.32. The molecule has 1 N–H and O–H groups in total. The molecule has 1 atom stereocenters. The van der Waals surface area contributed by atoms with Crippen LogP contribution >= 0.6 is 15.9 Å². The Morgan fingerprint density at radius 1 is 1.05 bits per heavy atom. The zero-order valence-corrected chi connectivity index (χ0v) is 25.8. The van der Waals surface area contributed by atoms with Gasteiger partial charge in [-0.3, -0.25) is 9.36 Å².